The summed E-state index contributed by atoms with van der Waals surface area (Å²) in [6.07, 6.45) is 1.14. The smallest absolute Gasteiger partial charge is 0.317 e. The van der Waals surface area contributed by atoms with E-state index in [1.54, 1.807) is 0 Å². The predicted octanol–water partition coefficient (Wildman–Crippen LogP) is -0.0586. The number of carbonyl (C=O) groups is 1. The molecule has 0 aromatic heterocycles. The summed E-state index contributed by atoms with van der Waals surface area (Å²) in [5, 5.41) is 6.24. The Bertz CT molecular complexity index is 220. The average molecular weight is 228 g/mol. The van der Waals surface area contributed by atoms with Crippen LogP contribution < -0.4 is 10.6 Å². The average Bonchev–Trinajstić information content (AvgIpc) is 2.61. The van der Waals surface area contributed by atoms with Gasteiger partial charge in [-0.1, -0.05) is 0 Å². The fourth-order valence-electron chi connectivity index (χ4n) is 1.72. The molecule has 1 rings (SSSR count). The third-order valence-corrected chi connectivity index (χ3v) is 2.83. The van der Waals surface area contributed by atoms with Crippen molar-refractivity contribution >= 4 is 6.03 Å². The van der Waals surface area contributed by atoms with Crippen molar-refractivity contribution in [3.8, 4) is 0 Å². The van der Waals surface area contributed by atoms with E-state index in [4.69, 9.17) is 0 Å². The summed E-state index contributed by atoms with van der Waals surface area (Å²) < 4.78 is 0. The Labute approximate surface area is 98.2 Å². The lowest BCUT2D eigenvalue weighted by Crippen LogP contribution is -2.38. The fraction of sp³-hybridized carbons (Fsp3) is 0.909. The van der Waals surface area contributed by atoms with Gasteiger partial charge in [0.2, 0.25) is 0 Å². The number of amides is 2. The van der Waals surface area contributed by atoms with Crippen molar-refractivity contribution in [1.82, 2.24) is 20.4 Å². The number of urea groups is 1. The first-order valence-corrected chi connectivity index (χ1v) is 6.00. The van der Waals surface area contributed by atoms with Crippen LogP contribution in [0.5, 0.6) is 0 Å². The van der Waals surface area contributed by atoms with Crippen LogP contribution in [0.3, 0.4) is 0 Å². The molecular weight excluding hydrogens is 204 g/mol. The second-order valence-corrected chi connectivity index (χ2v) is 4.67. The molecule has 1 fully saturated rings. The highest BCUT2D eigenvalue weighted by atomic mass is 16.2. The first kappa shape index (κ1) is 13.3. The second kappa shape index (κ2) is 6.70. The number of nitrogens with zero attached hydrogens (tertiary/aromatic N) is 2. The van der Waals surface area contributed by atoms with E-state index in [1.807, 2.05) is 4.90 Å². The maximum absolute atomic E-state index is 11.2. The van der Waals surface area contributed by atoms with Crippen LogP contribution in [0.1, 0.15) is 13.3 Å². The first-order chi connectivity index (χ1) is 7.59. The van der Waals surface area contributed by atoms with Crippen molar-refractivity contribution in [2.45, 2.75) is 19.4 Å². The Morgan fingerprint density at radius 2 is 2.31 bits per heavy atom. The Kier molecular flexibility index (Phi) is 5.55. The third-order valence-electron chi connectivity index (χ3n) is 2.83. The molecule has 1 heterocycles. The van der Waals surface area contributed by atoms with Gasteiger partial charge in [-0.25, -0.2) is 4.79 Å². The second-order valence-electron chi connectivity index (χ2n) is 4.67. The summed E-state index contributed by atoms with van der Waals surface area (Å²) >= 11 is 0. The van der Waals surface area contributed by atoms with Crippen molar-refractivity contribution in [2.24, 2.45) is 0 Å². The topological polar surface area (TPSA) is 47.6 Å². The molecule has 0 bridgehead atoms. The van der Waals surface area contributed by atoms with Gasteiger partial charge in [0.1, 0.15) is 0 Å². The van der Waals surface area contributed by atoms with E-state index >= 15 is 0 Å². The zero-order chi connectivity index (χ0) is 12.0. The highest BCUT2D eigenvalue weighted by Gasteiger charge is 2.18. The van der Waals surface area contributed by atoms with Crippen LogP contribution in [0.15, 0.2) is 0 Å². The van der Waals surface area contributed by atoms with Gasteiger partial charge in [0, 0.05) is 32.2 Å². The van der Waals surface area contributed by atoms with Crippen molar-refractivity contribution in [3.05, 3.63) is 0 Å². The molecule has 0 aromatic rings. The fourth-order valence-corrected chi connectivity index (χ4v) is 1.72. The zero-order valence-corrected chi connectivity index (χ0v) is 10.6. The molecule has 1 saturated heterocycles. The normalized spacial score (nSPS) is 18.0. The highest BCUT2D eigenvalue weighted by Crippen LogP contribution is 1.96. The molecule has 5 nitrogen and oxygen atoms in total. The van der Waals surface area contributed by atoms with E-state index in [9.17, 15) is 4.79 Å². The first-order valence-electron chi connectivity index (χ1n) is 6.00. The molecule has 0 saturated carbocycles. The van der Waals surface area contributed by atoms with E-state index < -0.39 is 0 Å². The molecular formula is C11H24N4O. The molecule has 16 heavy (non-hydrogen) atoms. The molecule has 1 atom stereocenters. The summed E-state index contributed by atoms with van der Waals surface area (Å²) in [4.78, 5) is 15.3. The van der Waals surface area contributed by atoms with Gasteiger partial charge in [-0.15, -0.1) is 0 Å². The van der Waals surface area contributed by atoms with Crippen molar-refractivity contribution in [2.75, 3.05) is 46.8 Å². The van der Waals surface area contributed by atoms with Crippen LogP contribution in [0.4, 0.5) is 4.79 Å². The number of nitrogens with one attached hydrogen (secondary N) is 2. The number of hydrogen-bond donors (Lipinski definition) is 2. The lowest BCUT2D eigenvalue weighted by Gasteiger charge is -2.19. The minimum atomic E-state index is 0.0720. The van der Waals surface area contributed by atoms with Crippen LogP contribution in [-0.2, 0) is 0 Å². The highest BCUT2D eigenvalue weighted by molar-refractivity contribution is 5.76. The van der Waals surface area contributed by atoms with Crippen molar-refractivity contribution in [1.29, 1.82) is 0 Å². The van der Waals surface area contributed by atoms with Gasteiger partial charge in [0.15, 0.2) is 0 Å². The summed E-state index contributed by atoms with van der Waals surface area (Å²) in [5.41, 5.74) is 0. The van der Waals surface area contributed by atoms with E-state index in [0.717, 1.165) is 39.1 Å². The van der Waals surface area contributed by atoms with Crippen molar-refractivity contribution < 1.29 is 4.79 Å². The third kappa shape index (κ3) is 4.81. The molecule has 1 aliphatic heterocycles. The van der Waals surface area contributed by atoms with Crippen LogP contribution in [0, 0.1) is 0 Å². The quantitative estimate of drug-likeness (QED) is 0.642. The van der Waals surface area contributed by atoms with E-state index in [2.05, 4.69) is 36.6 Å². The standard InChI is InChI=1S/C11H24N4O/c1-10(4-7-14(2)3)12-5-8-15-9-6-13-11(15)16/h10,12H,4-9H2,1-3H3,(H,13,16). The number of carbonyl (C=O) groups excluding carboxylic acids is 1. The summed E-state index contributed by atoms with van der Waals surface area (Å²) in [7, 11) is 4.17. The summed E-state index contributed by atoms with van der Waals surface area (Å²) in [6.45, 7) is 6.59. The monoisotopic (exact) mass is 228 g/mol. The van der Waals surface area contributed by atoms with Gasteiger partial charge in [-0.05, 0) is 34.0 Å². The minimum Gasteiger partial charge on any atom is -0.336 e. The number of hydrogen-bond acceptors (Lipinski definition) is 3. The SMILES string of the molecule is CC(CCN(C)C)NCCN1CCNC1=O. The van der Waals surface area contributed by atoms with Gasteiger partial charge in [-0.2, -0.15) is 0 Å². The van der Waals surface area contributed by atoms with Gasteiger partial charge >= 0.3 is 6.03 Å². The molecule has 94 valence electrons. The van der Waals surface area contributed by atoms with E-state index in [0.29, 0.717) is 6.04 Å². The van der Waals surface area contributed by atoms with E-state index in [1.165, 1.54) is 0 Å². The minimum absolute atomic E-state index is 0.0720. The molecule has 0 radical (unpaired) electrons. The Hall–Kier alpha value is -0.810. The lowest BCUT2D eigenvalue weighted by molar-refractivity contribution is 0.216. The Morgan fingerprint density at radius 1 is 1.56 bits per heavy atom. The molecule has 0 aromatic carbocycles. The van der Waals surface area contributed by atoms with Gasteiger partial charge in [-0.3, -0.25) is 0 Å². The van der Waals surface area contributed by atoms with E-state index in [-0.39, 0.29) is 6.03 Å². The lowest BCUT2D eigenvalue weighted by atomic mass is 10.2. The maximum Gasteiger partial charge on any atom is 0.317 e. The molecule has 1 aliphatic rings. The Balaban J connectivity index is 2.03. The molecule has 2 N–H and O–H groups in total. The van der Waals surface area contributed by atoms with Crippen molar-refractivity contribution in [3.63, 3.8) is 0 Å². The van der Waals surface area contributed by atoms with Gasteiger partial charge in [0.25, 0.3) is 0 Å². The molecule has 0 aliphatic carbocycles. The molecule has 2 amide bonds. The molecule has 1 unspecified atom stereocenters. The van der Waals surface area contributed by atoms with Crippen LogP contribution in [-0.4, -0.2) is 68.7 Å². The molecule has 5 heteroatoms. The van der Waals surface area contributed by atoms with Crippen LogP contribution >= 0.6 is 0 Å². The molecule has 0 spiro atoms. The Morgan fingerprint density at radius 3 is 2.88 bits per heavy atom. The van der Waals surface area contributed by atoms with Crippen LogP contribution in [0.25, 0.3) is 0 Å². The van der Waals surface area contributed by atoms with Crippen LogP contribution in [0.2, 0.25) is 0 Å². The largest absolute Gasteiger partial charge is 0.336 e. The van der Waals surface area contributed by atoms with Gasteiger partial charge in [0.05, 0.1) is 0 Å². The van der Waals surface area contributed by atoms with Gasteiger partial charge < -0.3 is 20.4 Å². The number of rotatable bonds is 7. The zero-order valence-electron chi connectivity index (χ0n) is 10.6. The predicted molar refractivity (Wildman–Crippen MR) is 65.6 cm³/mol. The summed E-state index contributed by atoms with van der Waals surface area (Å²) in [5.74, 6) is 0. The maximum atomic E-state index is 11.2. The summed E-state index contributed by atoms with van der Waals surface area (Å²) in [6, 6.07) is 0.579.